The first kappa shape index (κ1) is 9.06. The normalized spacial score (nSPS) is 9.75. The molecule has 0 saturated heterocycles. The van der Waals surface area contributed by atoms with E-state index in [0.29, 0.717) is 17.8 Å². The Kier molecular flexibility index (Phi) is 2.70. The maximum absolute atomic E-state index is 10.7. The molecule has 0 spiro atoms. The van der Waals surface area contributed by atoms with Gasteiger partial charge in [0, 0.05) is 17.8 Å². The number of anilines is 2. The number of carbonyl (C=O) groups is 1. The highest BCUT2D eigenvalue weighted by atomic mass is 79.9. The third-order valence-corrected chi connectivity index (χ3v) is 1.66. The Bertz CT molecular complexity index is 292. The number of carbonyl (C=O) groups excluding carboxylic acids is 1. The van der Waals surface area contributed by atoms with Crippen molar-refractivity contribution < 1.29 is 4.79 Å². The summed E-state index contributed by atoms with van der Waals surface area (Å²) >= 11 is 2.84. The molecule has 0 aliphatic carbocycles. The number of hydrogen-bond donors (Lipinski definition) is 2. The number of halogens is 1. The first-order chi connectivity index (χ1) is 5.58. The molecule has 3 nitrogen and oxygen atoms in total. The van der Waals surface area contributed by atoms with Gasteiger partial charge in [0.25, 0.3) is 0 Å². The second-order valence-corrected chi connectivity index (χ2v) is 3.42. The zero-order chi connectivity index (χ0) is 9.14. The quantitative estimate of drug-likeness (QED) is 0.593. The molecule has 0 fully saturated rings. The lowest BCUT2D eigenvalue weighted by Gasteiger charge is -2.01. The molecule has 0 saturated carbocycles. The van der Waals surface area contributed by atoms with Crippen molar-refractivity contribution in [2.75, 3.05) is 11.5 Å². The molecular weight excluding hydrogens is 220 g/mol. The molecule has 0 bridgehead atoms. The van der Waals surface area contributed by atoms with E-state index in [1.165, 1.54) is 0 Å². The van der Waals surface area contributed by atoms with Gasteiger partial charge >= 0.3 is 0 Å². The highest BCUT2D eigenvalue weighted by molar-refractivity contribution is 9.18. The molecule has 0 heterocycles. The Balaban J connectivity index is 2.93. The zero-order valence-corrected chi connectivity index (χ0v) is 7.97. The predicted octanol–water partition coefficient (Wildman–Crippen LogP) is 1.32. The van der Waals surface area contributed by atoms with Gasteiger partial charge in [-0.1, -0.05) is 0 Å². The van der Waals surface area contributed by atoms with Gasteiger partial charge in [-0.25, -0.2) is 0 Å². The monoisotopic (exact) mass is 228 g/mol. The Morgan fingerprint density at radius 2 is 1.75 bits per heavy atom. The summed E-state index contributed by atoms with van der Waals surface area (Å²) in [5.74, 6) is 0. The van der Waals surface area contributed by atoms with Crippen molar-refractivity contribution in [1.29, 1.82) is 0 Å². The van der Waals surface area contributed by atoms with E-state index >= 15 is 0 Å². The summed E-state index contributed by atoms with van der Waals surface area (Å²) in [7, 11) is 0. The van der Waals surface area contributed by atoms with Crippen LogP contribution in [0.15, 0.2) is 18.2 Å². The molecule has 1 rings (SSSR count). The maximum atomic E-state index is 10.7. The van der Waals surface area contributed by atoms with Crippen LogP contribution in [-0.2, 0) is 11.2 Å². The highest BCUT2D eigenvalue weighted by Gasteiger charge is 2.00. The van der Waals surface area contributed by atoms with Crippen LogP contribution in [0.25, 0.3) is 0 Å². The summed E-state index contributed by atoms with van der Waals surface area (Å²) in [6, 6.07) is 5.12. The minimum Gasteiger partial charge on any atom is -0.399 e. The van der Waals surface area contributed by atoms with Crippen molar-refractivity contribution in [3.05, 3.63) is 23.8 Å². The SMILES string of the molecule is Nc1cc(N)cc(CC(=O)Br)c1. The average molecular weight is 229 g/mol. The standard InChI is InChI=1S/C8H9BrN2O/c9-8(12)3-5-1-6(10)4-7(11)2-5/h1-2,4H,3,10-11H2. The van der Waals surface area contributed by atoms with Crippen molar-refractivity contribution >= 4 is 32.0 Å². The fraction of sp³-hybridized carbons (Fsp3) is 0.125. The van der Waals surface area contributed by atoms with Gasteiger partial charge in [0.15, 0.2) is 0 Å². The zero-order valence-electron chi connectivity index (χ0n) is 6.38. The van der Waals surface area contributed by atoms with Crippen molar-refractivity contribution in [3.63, 3.8) is 0 Å². The Morgan fingerprint density at radius 3 is 2.17 bits per heavy atom. The van der Waals surface area contributed by atoms with Gasteiger partial charge in [-0.15, -0.1) is 0 Å². The molecule has 0 amide bonds. The Labute approximate surface area is 78.9 Å². The largest absolute Gasteiger partial charge is 0.399 e. The fourth-order valence-corrected chi connectivity index (χ4v) is 1.33. The van der Waals surface area contributed by atoms with Crippen molar-refractivity contribution in [2.24, 2.45) is 0 Å². The van der Waals surface area contributed by atoms with E-state index in [1.54, 1.807) is 18.2 Å². The van der Waals surface area contributed by atoms with E-state index in [2.05, 4.69) is 15.9 Å². The van der Waals surface area contributed by atoms with Crippen LogP contribution in [0.3, 0.4) is 0 Å². The van der Waals surface area contributed by atoms with Crippen LogP contribution in [0.5, 0.6) is 0 Å². The highest BCUT2D eigenvalue weighted by Crippen LogP contribution is 2.14. The molecule has 4 N–H and O–H groups in total. The number of hydrogen-bond acceptors (Lipinski definition) is 3. The van der Waals surface area contributed by atoms with E-state index in [1.807, 2.05) is 0 Å². The minimum atomic E-state index is -0.0764. The van der Waals surface area contributed by atoms with Crippen LogP contribution in [0.1, 0.15) is 5.56 Å². The Morgan fingerprint density at radius 1 is 1.25 bits per heavy atom. The molecule has 0 aromatic heterocycles. The lowest BCUT2D eigenvalue weighted by atomic mass is 10.1. The molecule has 0 aliphatic heterocycles. The van der Waals surface area contributed by atoms with E-state index < -0.39 is 0 Å². The van der Waals surface area contributed by atoms with Crippen LogP contribution in [0, 0.1) is 0 Å². The van der Waals surface area contributed by atoms with Gasteiger partial charge in [0.2, 0.25) is 4.69 Å². The molecule has 0 atom stereocenters. The summed E-state index contributed by atoms with van der Waals surface area (Å²) in [4.78, 5) is 10.7. The second kappa shape index (κ2) is 3.58. The third kappa shape index (κ3) is 2.54. The van der Waals surface area contributed by atoms with Gasteiger partial charge in [-0.05, 0) is 39.7 Å². The second-order valence-electron chi connectivity index (χ2n) is 2.54. The molecule has 0 unspecified atom stereocenters. The summed E-state index contributed by atoms with van der Waals surface area (Å²) < 4.78 is -0.0764. The number of benzene rings is 1. The Hall–Kier alpha value is -1.03. The third-order valence-electron chi connectivity index (χ3n) is 1.38. The maximum Gasteiger partial charge on any atom is 0.202 e. The van der Waals surface area contributed by atoms with Crippen LogP contribution in [0.4, 0.5) is 11.4 Å². The molecule has 64 valence electrons. The fourth-order valence-electron chi connectivity index (χ4n) is 1.01. The topological polar surface area (TPSA) is 69.1 Å². The van der Waals surface area contributed by atoms with Gasteiger partial charge in [0.05, 0.1) is 0 Å². The molecule has 0 aliphatic rings. The van der Waals surface area contributed by atoms with E-state index in [-0.39, 0.29) is 4.69 Å². The van der Waals surface area contributed by atoms with Crippen molar-refractivity contribution in [3.8, 4) is 0 Å². The van der Waals surface area contributed by atoms with E-state index in [4.69, 9.17) is 11.5 Å². The van der Waals surface area contributed by atoms with Gasteiger partial charge in [-0.2, -0.15) is 0 Å². The van der Waals surface area contributed by atoms with Crippen molar-refractivity contribution in [2.45, 2.75) is 6.42 Å². The summed E-state index contributed by atoms with van der Waals surface area (Å²) in [6.45, 7) is 0. The predicted molar refractivity (Wildman–Crippen MR) is 52.9 cm³/mol. The average Bonchev–Trinajstić information content (AvgIpc) is 1.81. The molecule has 12 heavy (non-hydrogen) atoms. The molecule has 1 aromatic rings. The first-order valence-corrected chi connectivity index (χ1v) is 4.20. The van der Waals surface area contributed by atoms with Crippen LogP contribution < -0.4 is 11.5 Å². The van der Waals surface area contributed by atoms with E-state index in [0.717, 1.165) is 5.56 Å². The summed E-state index contributed by atoms with van der Waals surface area (Å²) in [5, 5.41) is 0. The molecule has 4 heteroatoms. The molecular formula is C8H9BrN2O. The van der Waals surface area contributed by atoms with Crippen LogP contribution >= 0.6 is 15.9 Å². The molecule has 1 aromatic carbocycles. The number of nitrogen functional groups attached to an aromatic ring is 2. The van der Waals surface area contributed by atoms with Crippen molar-refractivity contribution in [1.82, 2.24) is 0 Å². The van der Waals surface area contributed by atoms with Gasteiger partial charge < -0.3 is 11.5 Å². The number of rotatable bonds is 2. The smallest absolute Gasteiger partial charge is 0.202 e. The lowest BCUT2D eigenvalue weighted by molar-refractivity contribution is -0.109. The van der Waals surface area contributed by atoms with Crippen LogP contribution in [0.2, 0.25) is 0 Å². The first-order valence-electron chi connectivity index (χ1n) is 3.41. The van der Waals surface area contributed by atoms with Gasteiger partial charge in [-0.3, -0.25) is 4.79 Å². The van der Waals surface area contributed by atoms with Gasteiger partial charge in [0.1, 0.15) is 0 Å². The number of nitrogens with two attached hydrogens (primary N) is 2. The molecule has 0 radical (unpaired) electrons. The summed E-state index contributed by atoms with van der Waals surface area (Å²) in [6.07, 6.45) is 0.315. The lowest BCUT2D eigenvalue weighted by Crippen LogP contribution is -1.97. The van der Waals surface area contributed by atoms with E-state index in [9.17, 15) is 4.79 Å². The summed E-state index contributed by atoms with van der Waals surface area (Å²) in [5.41, 5.74) is 13.0. The van der Waals surface area contributed by atoms with Crippen LogP contribution in [-0.4, -0.2) is 4.69 Å². The minimum absolute atomic E-state index is 0.0764.